The third kappa shape index (κ3) is 2.89. The van der Waals surface area contributed by atoms with Gasteiger partial charge < -0.3 is 0 Å². The van der Waals surface area contributed by atoms with E-state index in [1.54, 1.807) is 12.1 Å². The predicted octanol–water partition coefficient (Wildman–Crippen LogP) is 5.40. The number of imide groups is 1. The Kier molecular flexibility index (Phi) is 4.72. The fraction of sp³-hybridized carbons (Fsp3) is 0.0714. The standard InChI is InChI=1S/C28H21NO2/c30-26(22-15-7-2-8-16-22)29-27(31)25(21-13-5-1-6-14-21)28(29,23-17-9-3-10-18-23)24-19-11-4-12-20-24/h1-20,25H. The zero-order valence-electron chi connectivity index (χ0n) is 16.9. The summed E-state index contributed by atoms with van der Waals surface area (Å²) in [6, 6.07) is 38.5. The van der Waals surface area contributed by atoms with E-state index in [0.29, 0.717) is 5.56 Å². The predicted molar refractivity (Wildman–Crippen MR) is 120 cm³/mol. The smallest absolute Gasteiger partial charge is 0.261 e. The topological polar surface area (TPSA) is 37.4 Å². The van der Waals surface area contributed by atoms with Gasteiger partial charge >= 0.3 is 0 Å². The Labute approximate surface area is 181 Å². The molecule has 1 fully saturated rings. The molecule has 0 aliphatic carbocycles. The molecule has 31 heavy (non-hydrogen) atoms. The minimum absolute atomic E-state index is 0.187. The lowest BCUT2D eigenvalue weighted by Gasteiger charge is -2.57. The third-order valence-electron chi connectivity index (χ3n) is 6.02. The van der Waals surface area contributed by atoms with Crippen LogP contribution in [-0.2, 0) is 10.3 Å². The highest BCUT2D eigenvalue weighted by atomic mass is 16.2. The van der Waals surface area contributed by atoms with Crippen molar-refractivity contribution in [3.05, 3.63) is 144 Å². The van der Waals surface area contributed by atoms with Crippen molar-refractivity contribution in [1.82, 2.24) is 4.90 Å². The number of hydrogen-bond acceptors (Lipinski definition) is 2. The maximum atomic E-state index is 13.7. The van der Waals surface area contributed by atoms with E-state index < -0.39 is 11.5 Å². The van der Waals surface area contributed by atoms with E-state index in [-0.39, 0.29) is 11.8 Å². The molecule has 2 amide bonds. The Bertz CT molecular complexity index is 1170. The average Bonchev–Trinajstić information content (AvgIpc) is 2.84. The zero-order chi connectivity index (χ0) is 21.3. The molecule has 1 unspecified atom stereocenters. The molecule has 1 atom stereocenters. The summed E-state index contributed by atoms with van der Waals surface area (Å²) in [5, 5.41) is 0. The van der Waals surface area contributed by atoms with Crippen LogP contribution in [0.15, 0.2) is 121 Å². The van der Waals surface area contributed by atoms with Gasteiger partial charge in [0, 0.05) is 5.56 Å². The van der Waals surface area contributed by atoms with Crippen molar-refractivity contribution in [3.8, 4) is 0 Å². The molecule has 0 spiro atoms. The van der Waals surface area contributed by atoms with E-state index in [0.717, 1.165) is 16.7 Å². The molecular formula is C28H21NO2. The molecule has 0 bridgehead atoms. The number of amides is 2. The highest BCUT2D eigenvalue weighted by Crippen LogP contribution is 2.56. The third-order valence-corrected chi connectivity index (χ3v) is 6.02. The maximum Gasteiger partial charge on any atom is 0.261 e. The SMILES string of the molecule is O=C(c1ccccc1)N1C(=O)C(c2ccccc2)C1(c1ccccc1)c1ccccc1. The molecule has 4 aromatic rings. The molecule has 3 nitrogen and oxygen atoms in total. The fourth-order valence-corrected chi connectivity index (χ4v) is 4.69. The van der Waals surface area contributed by atoms with E-state index in [1.807, 2.05) is 109 Å². The van der Waals surface area contributed by atoms with Crippen LogP contribution in [0, 0.1) is 0 Å². The molecule has 1 aliphatic heterocycles. The summed E-state index contributed by atoms with van der Waals surface area (Å²) >= 11 is 0. The molecule has 0 N–H and O–H groups in total. The van der Waals surface area contributed by atoms with Crippen molar-refractivity contribution in [1.29, 1.82) is 0 Å². The molecule has 1 saturated heterocycles. The van der Waals surface area contributed by atoms with Crippen LogP contribution < -0.4 is 0 Å². The maximum absolute atomic E-state index is 13.7. The van der Waals surface area contributed by atoms with Gasteiger partial charge in [-0.2, -0.15) is 0 Å². The normalized spacial score (nSPS) is 17.1. The van der Waals surface area contributed by atoms with Gasteiger partial charge in [0.05, 0.1) is 5.92 Å². The van der Waals surface area contributed by atoms with Crippen LogP contribution in [0.3, 0.4) is 0 Å². The minimum atomic E-state index is -0.923. The van der Waals surface area contributed by atoms with E-state index in [2.05, 4.69) is 0 Å². The first-order valence-corrected chi connectivity index (χ1v) is 10.3. The van der Waals surface area contributed by atoms with Crippen LogP contribution in [0.4, 0.5) is 0 Å². The van der Waals surface area contributed by atoms with Crippen LogP contribution in [-0.4, -0.2) is 16.7 Å². The van der Waals surface area contributed by atoms with Gasteiger partial charge in [0.2, 0.25) is 5.91 Å². The largest absolute Gasteiger partial charge is 0.274 e. The van der Waals surface area contributed by atoms with Crippen molar-refractivity contribution in [2.75, 3.05) is 0 Å². The van der Waals surface area contributed by atoms with Crippen molar-refractivity contribution in [2.45, 2.75) is 11.5 Å². The summed E-state index contributed by atoms with van der Waals surface area (Å²) in [4.78, 5) is 28.8. The molecule has 0 aromatic heterocycles. The summed E-state index contributed by atoms with van der Waals surface area (Å²) in [5.41, 5.74) is 2.31. The van der Waals surface area contributed by atoms with Gasteiger partial charge in [-0.15, -0.1) is 0 Å². The molecule has 150 valence electrons. The van der Waals surface area contributed by atoms with Crippen molar-refractivity contribution >= 4 is 11.8 Å². The summed E-state index contributed by atoms with van der Waals surface area (Å²) in [6.45, 7) is 0. The van der Waals surface area contributed by atoms with Crippen LogP contribution in [0.25, 0.3) is 0 Å². The number of carbonyl (C=O) groups excluding carboxylic acids is 2. The molecule has 0 saturated carbocycles. The molecule has 0 radical (unpaired) electrons. The summed E-state index contributed by atoms with van der Waals surface area (Å²) in [7, 11) is 0. The lowest BCUT2D eigenvalue weighted by molar-refractivity contribution is -0.152. The second-order valence-corrected chi connectivity index (χ2v) is 7.69. The second kappa shape index (κ2) is 7.69. The monoisotopic (exact) mass is 403 g/mol. The Morgan fingerprint density at radius 3 is 1.52 bits per heavy atom. The van der Waals surface area contributed by atoms with Gasteiger partial charge in [0.25, 0.3) is 5.91 Å². The number of benzene rings is 4. The number of β-lactam (4-membered cyclic amide) rings is 1. The molecule has 1 aliphatic rings. The number of carbonyl (C=O) groups is 2. The Hall–Kier alpha value is -3.98. The molecular weight excluding hydrogens is 382 g/mol. The average molecular weight is 403 g/mol. The first-order chi connectivity index (χ1) is 15.2. The number of rotatable bonds is 4. The van der Waals surface area contributed by atoms with E-state index >= 15 is 0 Å². The van der Waals surface area contributed by atoms with E-state index in [1.165, 1.54) is 4.90 Å². The zero-order valence-corrected chi connectivity index (χ0v) is 16.9. The molecule has 3 heteroatoms. The Morgan fingerprint density at radius 2 is 1.03 bits per heavy atom. The first kappa shape index (κ1) is 19.0. The molecule has 1 heterocycles. The van der Waals surface area contributed by atoms with E-state index in [4.69, 9.17) is 0 Å². The quantitative estimate of drug-likeness (QED) is 0.338. The number of likely N-dealkylation sites (tertiary alicyclic amines) is 1. The Balaban J connectivity index is 1.78. The van der Waals surface area contributed by atoms with Crippen molar-refractivity contribution in [2.24, 2.45) is 0 Å². The van der Waals surface area contributed by atoms with Crippen molar-refractivity contribution in [3.63, 3.8) is 0 Å². The van der Waals surface area contributed by atoms with Crippen LogP contribution in [0.5, 0.6) is 0 Å². The van der Waals surface area contributed by atoms with Crippen molar-refractivity contribution < 1.29 is 9.59 Å². The fourth-order valence-electron chi connectivity index (χ4n) is 4.69. The number of nitrogens with zero attached hydrogens (tertiary/aromatic N) is 1. The first-order valence-electron chi connectivity index (χ1n) is 10.3. The Morgan fingerprint density at radius 1 is 0.613 bits per heavy atom. The van der Waals surface area contributed by atoms with Crippen LogP contribution in [0.1, 0.15) is 33.0 Å². The molecule has 4 aromatic carbocycles. The lowest BCUT2D eigenvalue weighted by atomic mass is 9.62. The molecule has 5 rings (SSSR count). The summed E-state index contributed by atoms with van der Waals surface area (Å²) < 4.78 is 0. The van der Waals surface area contributed by atoms with Gasteiger partial charge in [-0.05, 0) is 28.8 Å². The highest BCUT2D eigenvalue weighted by molar-refractivity contribution is 6.13. The summed E-state index contributed by atoms with van der Waals surface area (Å²) in [5.74, 6) is -0.968. The van der Waals surface area contributed by atoms with Crippen LogP contribution >= 0.6 is 0 Å². The van der Waals surface area contributed by atoms with Gasteiger partial charge in [-0.1, -0.05) is 109 Å². The van der Waals surface area contributed by atoms with Gasteiger partial charge in [-0.25, -0.2) is 0 Å². The number of hydrogen-bond donors (Lipinski definition) is 0. The lowest BCUT2D eigenvalue weighted by Crippen LogP contribution is -2.69. The van der Waals surface area contributed by atoms with Gasteiger partial charge in [0.1, 0.15) is 5.54 Å². The van der Waals surface area contributed by atoms with Gasteiger partial charge in [0.15, 0.2) is 0 Å². The summed E-state index contributed by atoms with van der Waals surface area (Å²) in [6.07, 6.45) is 0. The van der Waals surface area contributed by atoms with E-state index in [9.17, 15) is 9.59 Å². The highest BCUT2D eigenvalue weighted by Gasteiger charge is 2.64. The minimum Gasteiger partial charge on any atom is -0.274 e. The second-order valence-electron chi connectivity index (χ2n) is 7.69. The van der Waals surface area contributed by atoms with Crippen LogP contribution in [0.2, 0.25) is 0 Å². The van der Waals surface area contributed by atoms with Gasteiger partial charge in [-0.3, -0.25) is 14.5 Å².